The van der Waals surface area contributed by atoms with Gasteiger partial charge in [0, 0.05) is 10.6 Å². The van der Waals surface area contributed by atoms with Crippen LogP contribution in [0.4, 0.5) is 10.1 Å². The van der Waals surface area contributed by atoms with Crippen molar-refractivity contribution < 1.29 is 9.18 Å². The lowest BCUT2D eigenvalue weighted by Crippen LogP contribution is -2.23. The number of benzene rings is 2. The molecule has 0 heterocycles. The average Bonchev–Trinajstić information content (AvgIpc) is 2.45. The minimum atomic E-state index is -0.373. The molecule has 0 spiro atoms. The topological polar surface area (TPSA) is 29.1 Å². The number of hydrogen-bond acceptors (Lipinski definition) is 2. The quantitative estimate of drug-likeness (QED) is 0.839. The number of halogens is 1. The zero-order valence-corrected chi connectivity index (χ0v) is 13.1. The minimum absolute atomic E-state index is 0.128. The molecule has 0 saturated carbocycles. The molecule has 1 amide bonds. The number of carbonyl (C=O) groups is 1. The Morgan fingerprint density at radius 1 is 1.19 bits per heavy atom. The monoisotopic (exact) mass is 303 g/mol. The van der Waals surface area contributed by atoms with Gasteiger partial charge in [-0.1, -0.05) is 24.3 Å². The normalized spacial score (nSPS) is 12.0. The van der Waals surface area contributed by atoms with Crippen molar-refractivity contribution in [1.29, 1.82) is 0 Å². The van der Waals surface area contributed by atoms with Crippen LogP contribution in [0, 0.1) is 19.7 Å². The van der Waals surface area contributed by atoms with Crippen molar-refractivity contribution in [3.05, 3.63) is 59.4 Å². The van der Waals surface area contributed by atoms with E-state index in [1.807, 2.05) is 32.0 Å². The van der Waals surface area contributed by atoms with E-state index >= 15 is 0 Å². The lowest BCUT2D eigenvalue weighted by Gasteiger charge is -2.14. The maximum absolute atomic E-state index is 13.6. The van der Waals surface area contributed by atoms with Gasteiger partial charge in [0.05, 0.1) is 5.25 Å². The third kappa shape index (κ3) is 4.08. The van der Waals surface area contributed by atoms with Gasteiger partial charge in [-0.3, -0.25) is 4.79 Å². The molecule has 0 radical (unpaired) electrons. The fourth-order valence-corrected chi connectivity index (χ4v) is 2.77. The fraction of sp³-hybridized carbons (Fsp3) is 0.235. The second-order valence-electron chi connectivity index (χ2n) is 5.00. The summed E-state index contributed by atoms with van der Waals surface area (Å²) in [6, 6.07) is 12.4. The SMILES string of the molecule is Cc1ccc(C)c(NC(=O)[C@H](C)Sc2ccccc2F)c1. The first-order valence-electron chi connectivity index (χ1n) is 6.76. The maximum Gasteiger partial charge on any atom is 0.237 e. The summed E-state index contributed by atoms with van der Waals surface area (Å²) in [5, 5.41) is 2.53. The fourth-order valence-electron chi connectivity index (χ4n) is 1.89. The van der Waals surface area contributed by atoms with E-state index in [2.05, 4.69) is 5.32 Å². The van der Waals surface area contributed by atoms with Crippen molar-refractivity contribution >= 4 is 23.4 Å². The number of nitrogens with one attached hydrogen (secondary N) is 1. The lowest BCUT2D eigenvalue weighted by atomic mass is 10.1. The molecule has 4 heteroatoms. The van der Waals surface area contributed by atoms with E-state index in [-0.39, 0.29) is 17.0 Å². The smallest absolute Gasteiger partial charge is 0.237 e. The Morgan fingerprint density at radius 3 is 2.62 bits per heavy atom. The van der Waals surface area contributed by atoms with Crippen molar-refractivity contribution in [2.24, 2.45) is 0 Å². The number of rotatable bonds is 4. The standard InChI is InChI=1S/C17H18FNOS/c1-11-8-9-12(2)15(10-11)19-17(20)13(3)21-16-7-5-4-6-14(16)18/h4-10,13H,1-3H3,(H,19,20)/t13-/m0/s1. The second-order valence-corrected chi connectivity index (χ2v) is 6.38. The molecule has 0 fully saturated rings. The predicted octanol–water partition coefficient (Wildman–Crippen LogP) is 4.56. The summed E-state index contributed by atoms with van der Waals surface area (Å²) in [6.07, 6.45) is 0. The van der Waals surface area contributed by atoms with Crippen molar-refractivity contribution in [2.45, 2.75) is 30.9 Å². The van der Waals surface area contributed by atoms with Crippen LogP contribution in [-0.2, 0) is 4.79 Å². The van der Waals surface area contributed by atoms with Gasteiger partial charge in [-0.15, -0.1) is 11.8 Å². The van der Waals surface area contributed by atoms with Gasteiger partial charge in [0.2, 0.25) is 5.91 Å². The van der Waals surface area contributed by atoms with Crippen LogP contribution in [0.15, 0.2) is 47.4 Å². The third-order valence-electron chi connectivity index (χ3n) is 3.16. The van der Waals surface area contributed by atoms with Gasteiger partial charge >= 0.3 is 0 Å². The van der Waals surface area contributed by atoms with E-state index in [0.717, 1.165) is 16.8 Å². The molecule has 2 aromatic rings. The summed E-state index contributed by atoms with van der Waals surface area (Å²) in [5.41, 5.74) is 2.91. The molecule has 0 aliphatic heterocycles. The Hall–Kier alpha value is -1.81. The molecule has 0 bridgehead atoms. The molecule has 1 atom stereocenters. The summed E-state index contributed by atoms with van der Waals surface area (Å²) < 4.78 is 13.6. The number of amides is 1. The van der Waals surface area contributed by atoms with E-state index < -0.39 is 0 Å². The van der Waals surface area contributed by atoms with E-state index in [9.17, 15) is 9.18 Å². The summed E-state index contributed by atoms with van der Waals surface area (Å²) in [5.74, 6) is -0.425. The van der Waals surface area contributed by atoms with E-state index in [4.69, 9.17) is 0 Å². The predicted molar refractivity (Wildman–Crippen MR) is 86.3 cm³/mol. The molecular weight excluding hydrogens is 285 g/mol. The first kappa shape index (κ1) is 15.6. The molecule has 0 aliphatic rings. The maximum atomic E-state index is 13.6. The summed E-state index contributed by atoms with van der Waals surface area (Å²) in [4.78, 5) is 12.7. The minimum Gasteiger partial charge on any atom is -0.325 e. The van der Waals surface area contributed by atoms with Crippen LogP contribution < -0.4 is 5.32 Å². The molecule has 2 aromatic carbocycles. The molecule has 0 unspecified atom stereocenters. The lowest BCUT2D eigenvalue weighted by molar-refractivity contribution is -0.115. The van der Waals surface area contributed by atoms with Gasteiger partial charge in [0.1, 0.15) is 5.82 Å². The molecule has 2 rings (SSSR count). The summed E-state index contributed by atoms with van der Waals surface area (Å²) in [7, 11) is 0. The molecule has 0 aromatic heterocycles. The largest absolute Gasteiger partial charge is 0.325 e. The van der Waals surface area contributed by atoms with Crippen molar-refractivity contribution in [3.63, 3.8) is 0 Å². The van der Waals surface area contributed by atoms with E-state index in [1.165, 1.54) is 17.8 Å². The van der Waals surface area contributed by atoms with Gasteiger partial charge in [-0.05, 0) is 50.1 Å². The highest BCUT2D eigenvalue weighted by Gasteiger charge is 2.17. The Labute approximate surface area is 128 Å². The highest BCUT2D eigenvalue weighted by Crippen LogP contribution is 2.27. The zero-order chi connectivity index (χ0) is 15.4. The van der Waals surface area contributed by atoms with Crippen molar-refractivity contribution in [1.82, 2.24) is 0 Å². The second kappa shape index (κ2) is 6.76. The van der Waals surface area contributed by atoms with Crippen LogP contribution in [0.2, 0.25) is 0 Å². The zero-order valence-electron chi connectivity index (χ0n) is 12.3. The van der Waals surface area contributed by atoms with Gasteiger partial charge in [-0.25, -0.2) is 4.39 Å². The molecular formula is C17H18FNOS. The first-order valence-corrected chi connectivity index (χ1v) is 7.64. The van der Waals surface area contributed by atoms with E-state index in [1.54, 1.807) is 25.1 Å². The first-order chi connectivity index (χ1) is 9.97. The number of carbonyl (C=O) groups excluding carboxylic acids is 1. The van der Waals surface area contributed by atoms with Crippen LogP contribution in [0.1, 0.15) is 18.1 Å². The van der Waals surface area contributed by atoms with Crippen LogP contribution in [0.25, 0.3) is 0 Å². The van der Waals surface area contributed by atoms with Gasteiger partial charge in [0.25, 0.3) is 0 Å². The van der Waals surface area contributed by atoms with Crippen molar-refractivity contribution in [2.75, 3.05) is 5.32 Å². The van der Waals surface area contributed by atoms with Gasteiger partial charge in [-0.2, -0.15) is 0 Å². The Kier molecular flexibility index (Phi) is 5.02. The van der Waals surface area contributed by atoms with Crippen LogP contribution >= 0.6 is 11.8 Å². The van der Waals surface area contributed by atoms with Crippen LogP contribution in [-0.4, -0.2) is 11.2 Å². The van der Waals surface area contributed by atoms with Crippen LogP contribution in [0.3, 0.4) is 0 Å². The number of anilines is 1. The highest BCUT2D eigenvalue weighted by atomic mass is 32.2. The molecule has 2 nitrogen and oxygen atoms in total. The Bertz CT molecular complexity index is 657. The van der Waals surface area contributed by atoms with Gasteiger partial charge in [0.15, 0.2) is 0 Å². The van der Waals surface area contributed by atoms with E-state index in [0.29, 0.717) is 4.90 Å². The number of thioether (sulfide) groups is 1. The van der Waals surface area contributed by atoms with Gasteiger partial charge < -0.3 is 5.32 Å². The molecule has 110 valence electrons. The van der Waals surface area contributed by atoms with Crippen molar-refractivity contribution in [3.8, 4) is 0 Å². The summed E-state index contributed by atoms with van der Waals surface area (Å²) >= 11 is 1.22. The number of aryl methyl sites for hydroxylation is 2. The molecule has 1 N–H and O–H groups in total. The number of hydrogen-bond donors (Lipinski definition) is 1. The van der Waals surface area contributed by atoms with Crippen LogP contribution in [0.5, 0.6) is 0 Å². The Morgan fingerprint density at radius 2 is 1.90 bits per heavy atom. The molecule has 0 saturated heterocycles. The third-order valence-corrected chi connectivity index (χ3v) is 4.31. The molecule has 21 heavy (non-hydrogen) atoms. The highest BCUT2D eigenvalue weighted by molar-refractivity contribution is 8.00. The average molecular weight is 303 g/mol. The summed E-state index contributed by atoms with van der Waals surface area (Å²) in [6.45, 7) is 5.70. The Balaban J connectivity index is 2.06. The molecule has 0 aliphatic carbocycles.